The maximum absolute atomic E-state index is 13.5. The minimum atomic E-state index is -4.44. The number of amides is 2. The Kier molecular flexibility index (Phi) is 7.20. The zero-order valence-electron chi connectivity index (χ0n) is 22.2. The standard InChI is InChI=1S/C30H34F3N3O3/c1-20-8-9-21(16-19-28(2,39-20)26(37)34-23-12-13-23)6-5-7-25-29(17-3-4-18-29)27(38)36(35-25)24-14-10-22(11-15-24)30(31,32)33/h8-11,14-16,23H,1,3-7,12-13,17-19H2,2H3,(H,34,37). The summed E-state index contributed by atoms with van der Waals surface area (Å²) < 4.78 is 45.0. The molecule has 2 aliphatic heterocycles. The summed E-state index contributed by atoms with van der Waals surface area (Å²) in [6, 6.07) is 4.83. The van der Waals surface area contributed by atoms with Crippen molar-refractivity contribution in [3.8, 4) is 0 Å². The molecule has 1 aromatic rings. The molecular formula is C30H34F3N3O3. The van der Waals surface area contributed by atoms with Gasteiger partial charge < -0.3 is 10.1 Å². The number of allylic oxidation sites excluding steroid dienone is 3. The zero-order valence-corrected chi connectivity index (χ0v) is 22.2. The molecule has 1 aromatic carbocycles. The molecule has 0 saturated heterocycles. The molecule has 2 saturated carbocycles. The molecule has 1 N–H and O–H groups in total. The molecule has 1 unspecified atom stereocenters. The van der Waals surface area contributed by atoms with E-state index in [9.17, 15) is 22.8 Å². The second kappa shape index (κ2) is 10.3. The number of benzene rings is 1. The van der Waals surface area contributed by atoms with Crippen LogP contribution < -0.4 is 10.3 Å². The molecular weight excluding hydrogens is 507 g/mol. The molecule has 1 atom stereocenters. The van der Waals surface area contributed by atoms with E-state index < -0.39 is 22.8 Å². The van der Waals surface area contributed by atoms with Crippen molar-refractivity contribution < 1.29 is 27.5 Å². The molecule has 2 aliphatic carbocycles. The van der Waals surface area contributed by atoms with Gasteiger partial charge in [0.05, 0.1) is 22.4 Å². The Bertz CT molecular complexity index is 1240. The Balaban J connectivity index is 1.28. The fraction of sp³-hybridized carbons (Fsp3) is 0.500. The average Bonchev–Trinajstić information content (AvgIpc) is 3.48. The van der Waals surface area contributed by atoms with Gasteiger partial charge in [0.25, 0.3) is 11.8 Å². The van der Waals surface area contributed by atoms with E-state index in [0.29, 0.717) is 43.6 Å². The van der Waals surface area contributed by atoms with Gasteiger partial charge in [-0.1, -0.05) is 37.1 Å². The highest BCUT2D eigenvalue weighted by Crippen LogP contribution is 2.47. The molecule has 208 valence electrons. The van der Waals surface area contributed by atoms with Crippen LogP contribution >= 0.6 is 0 Å². The van der Waals surface area contributed by atoms with Crippen molar-refractivity contribution in [3.05, 3.63) is 66.0 Å². The van der Waals surface area contributed by atoms with Gasteiger partial charge in [0, 0.05) is 12.5 Å². The predicted octanol–water partition coefficient (Wildman–Crippen LogP) is 6.59. The third-order valence-electron chi connectivity index (χ3n) is 8.14. The van der Waals surface area contributed by atoms with Gasteiger partial charge in [0.1, 0.15) is 5.76 Å². The summed E-state index contributed by atoms with van der Waals surface area (Å²) in [5.74, 6) is 0.144. The van der Waals surface area contributed by atoms with Crippen molar-refractivity contribution in [1.29, 1.82) is 0 Å². The number of nitrogens with one attached hydrogen (secondary N) is 1. The van der Waals surface area contributed by atoms with E-state index in [0.717, 1.165) is 55.5 Å². The highest BCUT2D eigenvalue weighted by Gasteiger charge is 2.52. The molecule has 2 fully saturated rings. The Labute approximate surface area is 226 Å². The maximum atomic E-state index is 13.5. The first-order chi connectivity index (χ1) is 18.5. The van der Waals surface area contributed by atoms with E-state index in [1.807, 2.05) is 12.2 Å². The highest BCUT2D eigenvalue weighted by atomic mass is 19.4. The lowest BCUT2D eigenvalue weighted by molar-refractivity contribution is -0.139. The van der Waals surface area contributed by atoms with Crippen LogP contribution in [0, 0.1) is 5.41 Å². The van der Waals surface area contributed by atoms with Crippen LogP contribution in [0.4, 0.5) is 18.9 Å². The highest BCUT2D eigenvalue weighted by molar-refractivity contribution is 6.19. The van der Waals surface area contributed by atoms with Gasteiger partial charge in [-0.05, 0) is 82.2 Å². The van der Waals surface area contributed by atoms with E-state index in [4.69, 9.17) is 4.74 Å². The number of anilines is 1. The number of rotatable bonds is 7. The number of carbonyl (C=O) groups excluding carboxylic acids is 2. The first-order valence-electron chi connectivity index (χ1n) is 13.7. The summed E-state index contributed by atoms with van der Waals surface area (Å²) >= 11 is 0. The zero-order chi connectivity index (χ0) is 27.8. The number of alkyl halides is 3. The van der Waals surface area contributed by atoms with Gasteiger partial charge in [-0.2, -0.15) is 23.3 Å². The number of hydrazone groups is 1. The summed E-state index contributed by atoms with van der Waals surface area (Å²) in [6.07, 6.45) is 9.01. The topological polar surface area (TPSA) is 71.0 Å². The third-order valence-corrected chi connectivity index (χ3v) is 8.14. The molecule has 0 aromatic heterocycles. The summed E-state index contributed by atoms with van der Waals surface area (Å²) in [4.78, 5) is 26.4. The Morgan fingerprint density at radius 3 is 2.49 bits per heavy atom. The Morgan fingerprint density at radius 1 is 1.15 bits per heavy atom. The molecule has 2 amide bonds. The van der Waals surface area contributed by atoms with Gasteiger partial charge in [-0.3, -0.25) is 9.59 Å². The first-order valence-corrected chi connectivity index (χ1v) is 13.7. The van der Waals surface area contributed by atoms with Crippen LogP contribution in [0.5, 0.6) is 0 Å². The predicted molar refractivity (Wildman–Crippen MR) is 143 cm³/mol. The summed E-state index contributed by atoms with van der Waals surface area (Å²) in [5.41, 5.74) is -0.255. The normalized spacial score (nSPS) is 24.8. The van der Waals surface area contributed by atoms with Crippen molar-refractivity contribution in [3.63, 3.8) is 0 Å². The monoisotopic (exact) mass is 541 g/mol. The van der Waals surface area contributed by atoms with Crippen LogP contribution in [0.3, 0.4) is 0 Å². The third kappa shape index (κ3) is 5.68. The smallest absolute Gasteiger partial charge is 0.416 e. The van der Waals surface area contributed by atoms with Crippen LogP contribution in [-0.2, 0) is 20.5 Å². The van der Waals surface area contributed by atoms with Crippen molar-refractivity contribution in [2.45, 2.75) is 89.0 Å². The number of ether oxygens (including phenoxy) is 1. The molecule has 9 heteroatoms. The van der Waals surface area contributed by atoms with Crippen LogP contribution in [0.1, 0.15) is 76.7 Å². The molecule has 0 bridgehead atoms. The number of hydrogen-bond acceptors (Lipinski definition) is 4. The number of nitrogens with zero attached hydrogens (tertiary/aromatic N) is 2. The largest absolute Gasteiger partial charge is 0.478 e. The SMILES string of the molecule is C=C1C=CC(CCCC2=NN(c3ccc(C(F)(F)F)cc3)C(=O)C23CCCC3)=CCC(C)(C(=O)NC2CC2)O1. The maximum Gasteiger partial charge on any atom is 0.416 e. The van der Waals surface area contributed by atoms with Crippen molar-refractivity contribution in [2.24, 2.45) is 10.5 Å². The fourth-order valence-electron chi connectivity index (χ4n) is 5.63. The van der Waals surface area contributed by atoms with Gasteiger partial charge in [-0.15, -0.1) is 0 Å². The molecule has 1 spiro atoms. The summed E-state index contributed by atoms with van der Waals surface area (Å²) in [6.45, 7) is 5.72. The van der Waals surface area contributed by atoms with Crippen molar-refractivity contribution in [1.82, 2.24) is 5.32 Å². The molecule has 2 heterocycles. The van der Waals surface area contributed by atoms with E-state index in [1.165, 1.54) is 17.1 Å². The summed E-state index contributed by atoms with van der Waals surface area (Å²) in [5, 5.41) is 8.98. The molecule has 39 heavy (non-hydrogen) atoms. The lowest BCUT2D eigenvalue weighted by Crippen LogP contribution is -2.47. The molecule has 6 nitrogen and oxygen atoms in total. The fourth-order valence-corrected chi connectivity index (χ4v) is 5.63. The van der Waals surface area contributed by atoms with E-state index in [1.54, 1.807) is 13.0 Å². The van der Waals surface area contributed by atoms with Crippen molar-refractivity contribution >= 4 is 23.2 Å². The van der Waals surface area contributed by atoms with Crippen LogP contribution in [0.25, 0.3) is 0 Å². The van der Waals surface area contributed by atoms with Gasteiger partial charge in [0.2, 0.25) is 0 Å². The molecule has 0 radical (unpaired) electrons. The summed E-state index contributed by atoms with van der Waals surface area (Å²) in [7, 11) is 0. The minimum Gasteiger partial charge on any atom is -0.478 e. The number of carbonyl (C=O) groups is 2. The minimum absolute atomic E-state index is 0.137. The molecule has 5 rings (SSSR count). The van der Waals surface area contributed by atoms with Gasteiger partial charge >= 0.3 is 6.18 Å². The average molecular weight is 542 g/mol. The second-order valence-corrected chi connectivity index (χ2v) is 11.2. The Hall–Kier alpha value is -3.36. The Morgan fingerprint density at radius 2 is 1.85 bits per heavy atom. The van der Waals surface area contributed by atoms with E-state index in [-0.39, 0.29) is 17.9 Å². The number of halogens is 3. The van der Waals surface area contributed by atoms with Crippen molar-refractivity contribution in [2.75, 3.05) is 5.01 Å². The van der Waals surface area contributed by atoms with Crippen LogP contribution in [0.2, 0.25) is 0 Å². The first kappa shape index (κ1) is 27.2. The van der Waals surface area contributed by atoms with Gasteiger partial charge in [-0.25, -0.2) is 0 Å². The lowest BCUT2D eigenvalue weighted by Gasteiger charge is -2.30. The number of hydrogen-bond donors (Lipinski definition) is 1. The van der Waals surface area contributed by atoms with Gasteiger partial charge in [0.15, 0.2) is 5.60 Å². The van der Waals surface area contributed by atoms with Crippen LogP contribution in [-0.4, -0.2) is 29.2 Å². The quantitative estimate of drug-likeness (QED) is 0.423. The lowest BCUT2D eigenvalue weighted by atomic mass is 9.78. The second-order valence-electron chi connectivity index (χ2n) is 11.2. The van der Waals surface area contributed by atoms with E-state index >= 15 is 0 Å². The molecule has 4 aliphatic rings. The van der Waals surface area contributed by atoms with Crippen LogP contribution in [0.15, 0.2) is 65.5 Å². The van der Waals surface area contributed by atoms with E-state index in [2.05, 4.69) is 17.0 Å².